The van der Waals surface area contributed by atoms with E-state index < -0.39 is 0 Å². The van der Waals surface area contributed by atoms with Crippen LogP contribution in [0.1, 0.15) is 44.9 Å². The molecule has 152 valence electrons. The molecule has 5 aliphatic rings. The molecule has 1 aliphatic heterocycles. The Hall–Kier alpha value is -1.23. The van der Waals surface area contributed by atoms with E-state index in [4.69, 9.17) is 4.74 Å². The number of hydrogen-bond acceptors (Lipinski definition) is 3. The molecule has 0 aromatic heterocycles. The van der Waals surface area contributed by atoms with Gasteiger partial charge in [0.05, 0.1) is 12.8 Å². The number of rotatable bonds is 4. The topological polar surface area (TPSA) is 32.8 Å². The zero-order valence-electron chi connectivity index (χ0n) is 16.8. The molecule has 28 heavy (non-hydrogen) atoms. The molecule has 1 amide bonds. The molecular weight excluding hydrogens is 416 g/mol. The molecule has 4 nitrogen and oxygen atoms in total. The quantitative estimate of drug-likeness (QED) is 0.639. The molecule has 0 spiro atoms. The Morgan fingerprint density at radius 3 is 2.43 bits per heavy atom. The minimum absolute atomic E-state index is 0.268. The SMILES string of the molecule is COc1ccccc1N1CCN(C(=O)CC23CC4CC(CC(Br)(C4)C2)C3)CC1. The lowest BCUT2D eigenvalue weighted by molar-refractivity contribution is -0.138. The van der Waals surface area contributed by atoms with Gasteiger partial charge in [-0.2, -0.15) is 0 Å². The number of carbonyl (C=O) groups excluding carboxylic acids is 1. The van der Waals surface area contributed by atoms with E-state index in [2.05, 4.69) is 37.9 Å². The molecular formula is C23H31BrN2O2. The molecule has 0 radical (unpaired) electrons. The number of nitrogens with zero attached hydrogens (tertiary/aromatic N) is 2. The number of methoxy groups -OCH3 is 1. The Morgan fingerprint density at radius 2 is 1.79 bits per heavy atom. The highest BCUT2D eigenvalue weighted by Crippen LogP contribution is 2.65. The largest absolute Gasteiger partial charge is 0.495 e. The maximum Gasteiger partial charge on any atom is 0.223 e. The van der Waals surface area contributed by atoms with Crippen LogP contribution in [0.2, 0.25) is 0 Å². The molecule has 4 saturated carbocycles. The van der Waals surface area contributed by atoms with Gasteiger partial charge in [0, 0.05) is 36.9 Å². The number of carbonyl (C=O) groups is 1. The number of benzene rings is 1. The first-order chi connectivity index (χ1) is 13.5. The lowest BCUT2D eigenvalue weighted by atomic mass is 9.48. The van der Waals surface area contributed by atoms with Crippen LogP contribution in [0.3, 0.4) is 0 Å². The van der Waals surface area contributed by atoms with Crippen LogP contribution in [0.4, 0.5) is 5.69 Å². The van der Waals surface area contributed by atoms with Crippen LogP contribution < -0.4 is 9.64 Å². The van der Waals surface area contributed by atoms with Gasteiger partial charge < -0.3 is 14.5 Å². The van der Waals surface area contributed by atoms with Gasteiger partial charge in [0.2, 0.25) is 5.91 Å². The second kappa shape index (κ2) is 6.93. The number of hydrogen-bond donors (Lipinski definition) is 0. The second-order valence-corrected chi connectivity index (χ2v) is 11.5. The monoisotopic (exact) mass is 446 g/mol. The summed E-state index contributed by atoms with van der Waals surface area (Å²) in [7, 11) is 1.72. The zero-order chi connectivity index (χ0) is 19.4. The Labute approximate surface area is 176 Å². The van der Waals surface area contributed by atoms with Crippen molar-refractivity contribution in [2.24, 2.45) is 17.3 Å². The third-order valence-corrected chi connectivity index (χ3v) is 8.62. The fraction of sp³-hybridized carbons (Fsp3) is 0.696. The average molecular weight is 447 g/mol. The Morgan fingerprint density at radius 1 is 1.11 bits per heavy atom. The van der Waals surface area contributed by atoms with Crippen LogP contribution in [0, 0.1) is 17.3 Å². The highest BCUT2D eigenvalue weighted by molar-refractivity contribution is 9.10. The van der Waals surface area contributed by atoms with Crippen molar-refractivity contribution in [3.05, 3.63) is 24.3 Å². The number of amides is 1. The third kappa shape index (κ3) is 3.34. The van der Waals surface area contributed by atoms with Crippen molar-refractivity contribution < 1.29 is 9.53 Å². The predicted octanol–water partition coefficient (Wildman–Crippen LogP) is 4.47. The van der Waals surface area contributed by atoms with E-state index in [1.54, 1.807) is 7.11 Å². The molecule has 0 N–H and O–H groups in total. The maximum atomic E-state index is 13.2. The molecule has 5 heteroatoms. The van der Waals surface area contributed by atoms with Gasteiger partial charge in [0.25, 0.3) is 0 Å². The van der Waals surface area contributed by atoms with Gasteiger partial charge in [-0.1, -0.05) is 28.1 Å². The summed E-state index contributed by atoms with van der Waals surface area (Å²) in [6, 6.07) is 8.18. The van der Waals surface area contributed by atoms with Gasteiger partial charge in [-0.3, -0.25) is 4.79 Å². The summed E-state index contributed by atoms with van der Waals surface area (Å²) in [4.78, 5) is 17.7. The van der Waals surface area contributed by atoms with Crippen molar-refractivity contribution in [2.45, 2.75) is 49.3 Å². The van der Waals surface area contributed by atoms with Crippen LogP contribution in [-0.2, 0) is 4.79 Å². The molecule has 4 bridgehead atoms. The summed E-state index contributed by atoms with van der Waals surface area (Å²) in [5.41, 5.74) is 1.41. The maximum absolute atomic E-state index is 13.2. The van der Waals surface area contributed by atoms with Gasteiger partial charge in [-0.25, -0.2) is 0 Å². The van der Waals surface area contributed by atoms with Crippen molar-refractivity contribution in [1.82, 2.24) is 4.90 Å². The summed E-state index contributed by atoms with van der Waals surface area (Å²) >= 11 is 4.08. The molecule has 5 fully saturated rings. The third-order valence-electron chi connectivity index (χ3n) is 7.70. The molecule has 6 rings (SSSR count). The van der Waals surface area contributed by atoms with Crippen molar-refractivity contribution >= 4 is 27.5 Å². The average Bonchev–Trinajstić information content (AvgIpc) is 2.65. The van der Waals surface area contributed by atoms with Crippen LogP contribution in [-0.4, -0.2) is 48.4 Å². The number of piperazine rings is 1. The van der Waals surface area contributed by atoms with Gasteiger partial charge in [-0.15, -0.1) is 0 Å². The predicted molar refractivity (Wildman–Crippen MR) is 115 cm³/mol. The molecule has 1 heterocycles. The van der Waals surface area contributed by atoms with Crippen molar-refractivity contribution in [2.75, 3.05) is 38.2 Å². The van der Waals surface area contributed by atoms with E-state index in [1.165, 1.54) is 38.5 Å². The minimum atomic E-state index is 0.268. The summed E-state index contributed by atoms with van der Waals surface area (Å²) in [6.45, 7) is 3.40. The number of halogens is 1. The molecule has 2 unspecified atom stereocenters. The number of anilines is 1. The lowest BCUT2D eigenvalue weighted by Gasteiger charge is -2.60. The van der Waals surface area contributed by atoms with E-state index in [0.717, 1.165) is 55.9 Å². The van der Waals surface area contributed by atoms with Crippen LogP contribution in [0.15, 0.2) is 24.3 Å². The number of alkyl halides is 1. The van der Waals surface area contributed by atoms with Gasteiger partial charge >= 0.3 is 0 Å². The number of ether oxygens (including phenoxy) is 1. The van der Waals surface area contributed by atoms with Gasteiger partial charge in [0.1, 0.15) is 5.75 Å². The van der Waals surface area contributed by atoms with Gasteiger partial charge in [-0.05, 0) is 67.9 Å². The summed E-state index contributed by atoms with van der Waals surface area (Å²) in [5.74, 6) is 2.99. The lowest BCUT2D eigenvalue weighted by Crippen LogP contribution is -2.55. The smallest absolute Gasteiger partial charge is 0.223 e. The van der Waals surface area contributed by atoms with Crippen molar-refractivity contribution in [3.63, 3.8) is 0 Å². The standard InChI is InChI=1S/C23H31BrN2O2/c1-28-20-5-3-2-4-19(20)25-6-8-26(9-7-25)21(27)15-22-11-17-10-18(12-22)14-23(24,13-17)16-22/h2-5,17-18H,6-16H2,1H3. The molecule has 1 aromatic rings. The highest BCUT2D eigenvalue weighted by atomic mass is 79.9. The van der Waals surface area contributed by atoms with E-state index >= 15 is 0 Å². The Kier molecular flexibility index (Phi) is 4.65. The fourth-order valence-corrected chi connectivity index (χ4v) is 8.57. The highest BCUT2D eigenvalue weighted by Gasteiger charge is 2.57. The van der Waals surface area contributed by atoms with Crippen LogP contribution in [0.5, 0.6) is 5.75 Å². The van der Waals surface area contributed by atoms with Crippen LogP contribution in [0.25, 0.3) is 0 Å². The minimum Gasteiger partial charge on any atom is -0.495 e. The first kappa shape index (κ1) is 18.8. The molecule has 4 aliphatic carbocycles. The Balaban J connectivity index is 1.22. The van der Waals surface area contributed by atoms with E-state index in [9.17, 15) is 4.79 Å². The fourth-order valence-electron chi connectivity index (χ4n) is 7.06. The van der Waals surface area contributed by atoms with Crippen LogP contribution >= 0.6 is 15.9 Å². The Bertz CT molecular complexity index is 745. The molecule has 1 saturated heterocycles. The molecule has 1 aromatic carbocycles. The number of para-hydroxylation sites is 2. The van der Waals surface area contributed by atoms with Crippen molar-refractivity contribution in [3.8, 4) is 5.75 Å². The van der Waals surface area contributed by atoms with E-state index in [-0.39, 0.29) is 5.41 Å². The first-order valence-corrected chi connectivity index (χ1v) is 11.6. The van der Waals surface area contributed by atoms with Crippen molar-refractivity contribution in [1.29, 1.82) is 0 Å². The van der Waals surface area contributed by atoms with Gasteiger partial charge in [0.15, 0.2) is 0 Å². The summed E-state index contributed by atoms with van der Waals surface area (Å²) < 4.78 is 5.85. The summed E-state index contributed by atoms with van der Waals surface area (Å²) in [5, 5.41) is 0. The zero-order valence-corrected chi connectivity index (χ0v) is 18.4. The second-order valence-electron chi connectivity index (χ2n) is 9.83. The summed E-state index contributed by atoms with van der Waals surface area (Å²) in [6.07, 6.45) is 8.60. The molecule has 2 atom stereocenters. The first-order valence-electron chi connectivity index (χ1n) is 10.8. The normalized spacial score (nSPS) is 36.6. The van der Waals surface area contributed by atoms with E-state index in [1.807, 2.05) is 12.1 Å². The van der Waals surface area contributed by atoms with E-state index in [0.29, 0.717) is 10.2 Å².